The largest absolute Gasteiger partial charge is 0.496 e. The Kier molecular flexibility index (Phi) is 11.5. The number of ether oxygens (including phenoxy) is 2. The van der Waals surface area contributed by atoms with E-state index in [9.17, 15) is 14.9 Å². The van der Waals surface area contributed by atoms with Gasteiger partial charge >= 0.3 is 0 Å². The summed E-state index contributed by atoms with van der Waals surface area (Å²) in [7, 11) is 5.19. The third kappa shape index (κ3) is 7.93. The number of carbonyl (C=O) groups excluding carboxylic acids is 1. The zero-order chi connectivity index (χ0) is 37.2. The molecule has 0 spiro atoms. The molecule has 2 aliphatic rings. The number of carbonyl (C=O) groups is 1. The molecule has 1 amide bonds. The number of methoxy groups -OCH3 is 2. The third-order valence-electron chi connectivity index (χ3n) is 10.8. The Balaban J connectivity index is 1.32. The maximum absolute atomic E-state index is 13.5. The minimum Gasteiger partial charge on any atom is -0.496 e. The number of rotatable bonds is 9. The summed E-state index contributed by atoms with van der Waals surface area (Å²) >= 11 is 0. The smallest absolute Gasteiger partial charge is 0.264 e. The first-order valence-corrected chi connectivity index (χ1v) is 18.1. The molecule has 5 rings (SSSR count). The quantitative estimate of drug-likeness (QED) is 0.182. The van der Waals surface area contributed by atoms with Gasteiger partial charge < -0.3 is 18.9 Å². The first-order valence-electron chi connectivity index (χ1n) is 18.1. The van der Waals surface area contributed by atoms with Crippen LogP contribution >= 0.6 is 0 Å². The fourth-order valence-corrected chi connectivity index (χ4v) is 7.80. The van der Waals surface area contributed by atoms with E-state index >= 15 is 0 Å². The Morgan fingerprint density at radius 3 is 2.33 bits per heavy atom. The molecule has 2 aromatic carbocycles. The number of fused-ring (bicyclic) bond motifs is 1. The lowest BCUT2D eigenvalue weighted by Gasteiger charge is -2.42. The van der Waals surface area contributed by atoms with Crippen LogP contribution in [0.15, 0.2) is 53.0 Å². The van der Waals surface area contributed by atoms with Crippen LogP contribution in [0.2, 0.25) is 0 Å². The predicted molar refractivity (Wildman–Crippen MR) is 203 cm³/mol. The monoisotopic (exact) mass is 693 g/mol. The number of allylic oxidation sites excluding steroid dienone is 1. The van der Waals surface area contributed by atoms with Crippen molar-refractivity contribution in [1.82, 2.24) is 19.3 Å². The molecule has 1 unspecified atom stereocenters. The fraction of sp³-hybridized carbons (Fsp3) is 0.500. The molecule has 9 nitrogen and oxygen atoms in total. The van der Waals surface area contributed by atoms with Crippen LogP contribution in [0.25, 0.3) is 11.1 Å². The van der Waals surface area contributed by atoms with Crippen LogP contribution in [0.1, 0.15) is 80.5 Å². The Morgan fingerprint density at radius 2 is 1.73 bits per heavy atom. The normalized spacial score (nSPS) is 18.7. The van der Waals surface area contributed by atoms with E-state index in [0.29, 0.717) is 19.1 Å². The van der Waals surface area contributed by atoms with E-state index in [0.717, 1.165) is 78.3 Å². The van der Waals surface area contributed by atoms with Gasteiger partial charge in [-0.15, -0.1) is 0 Å². The summed E-state index contributed by atoms with van der Waals surface area (Å²) in [6.45, 7) is 19.2. The van der Waals surface area contributed by atoms with Gasteiger partial charge in [0.2, 0.25) is 0 Å². The number of pyridine rings is 1. The van der Waals surface area contributed by atoms with Crippen LogP contribution in [0, 0.1) is 30.6 Å². The summed E-state index contributed by atoms with van der Waals surface area (Å²) in [5.74, 6) is 1.37. The molecule has 0 bridgehead atoms. The Labute approximate surface area is 304 Å². The molecule has 0 aliphatic carbocycles. The van der Waals surface area contributed by atoms with Crippen LogP contribution < -0.4 is 15.0 Å². The zero-order valence-electron chi connectivity index (χ0n) is 32.2. The Morgan fingerprint density at radius 1 is 1.04 bits per heavy atom. The summed E-state index contributed by atoms with van der Waals surface area (Å²) in [5.41, 5.74) is 8.48. The van der Waals surface area contributed by atoms with Crippen molar-refractivity contribution >= 4 is 5.91 Å². The van der Waals surface area contributed by atoms with Crippen LogP contribution in [0.3, 0.4) is 0 Å². The van der Waals surface area contributed by atoms with Crippen molar-refractivity contribution in [1.29, 1.82) is 5.26 Å². The summed E-state index contributed by atoms with van der Waals surface area (Å²) in [5, 5.41) is 9.79. The SMILES string of the molecule is CC[C@H]1CN(Cc2c(OC)cc(-c3cn(C)c(=O)c(C)c3C)cc2OC)CCN1Cc1cccc2c1CCN(C(=O)C(C#N)=CC(C)(C)C)C2C. The van der Waals surface area contributed by atoms with Gasteiger partial charge in [0.15, 0.2) is 0 Å². The molecule has 1 aromatic heterocycles. The predicted octanol–water partition coefficient (Wildman–Crippen LogP) is 6.72. The van der Waals surface area contributed by atoms with Crippen molar-refractivity contribution < 1.29 is 14.3 Å². The van der Waals surface area contributed by atoms with Gasteiger partial charge in [0.05, 0.1) is 25.8 Å². The second-order valence-corrected chi connectivity index (χ2v) is 15.3. The van der Waals surface area contributed by atoms with Crippen molar-refractivity contribution in [2.24, 2.45) is 12.5 Å². The van der Waals surface area contributed by atoms with Crippen LogP contribution in [0.4, 0.5) is 0 Å². The van der Waals surface area contributed by atoms with E-state index in [1.807, 2.05) is 45.7 Å². The lowest BCUT2D eigenvalue weighted by atomic mass is 9.88. The standard InChI is InChI=1S/C42H55N5O4/c1-11-33-24-45(26-37-38(50-9)19-31(20-39(37)51-10)36-25-44(8)40(48)28(3)27(36)2)17-18-46(33)23-30-13-12-14-34-29(4)47(16-15-35(30)34)41(49)32(22-43)21-42(5,6)7/h12-14,19-21,25,29,33H,11,15-18,23-24,26H2,1-10H3/t29?,33-/m0/s1. The Hall–Kier alpha value is -4.39. The van der Waals surface area contributed by atoms with Gasteiger partial charge in [-0.1, -0.05) is 52.0 Å². The molecular formula is C42H55N5O4. The number of aromatic nitrogens is 1. The average molecular weight is 694 g/mol. The number of aryl methyl sites for hydroxylation is 1. The van der Waals surface area contributed by atoms with Gasteiger partial charge in [-0.05, 0) is 79.0 Å². The molecule has 51 heavy (non-hydrogen) atoms. The first-order chi connectivity index (χ1) is 24.2. The molecule has 2 aliphatic heterocycles. The van der Waals surface area contributed by atoms with Crippen LogP contribution in [0.5, 0.6) is 11.5 Å². The van der Waals surface area contributed by atoms with Crippen molar-refractivity contribution in [3.63, 3.8) is 0 Å². The van der Waals surface area contributed by atoms with E-state index in [1.54, 1.807) is 31.9 Å². The molecule has 0 N–H and O–H groups in total. The number of hydrogen-bond acceptors (Lipinski definition) is 7. The molecule has 1 saturated heterocycles. The van der Waals surface area contributed by atoms with Crippen molar-refractivity contribution in [2.75, 3.05) is 40.4 Å². The lowest BCUT2D eigenvalue weighted by Crippen LogP contribution is -2.52. The first kappa shape index (κ1) is 37.9. The number of piperazine rings is 1. The molecule has 272 valence electrons. The van der Waals surface area contributed by atoms with Crippen molar-refractivity contribution in [3.05, 3.63) is 91.9 Å². The van der Waals surface area contributed by atoms with Gasteiger partial charge in [0.1, 0.15) is 23.1 Å². The molecule has 1 fully saturated rings. The highest BCUT2D eigenvalue weighted by Crippen LogP contribution is 2.38. The number of benzene rings is 2. The fourth-order valence-electron chi connectivity index (χ4n) is 7.80. The summed E-state index contributed by atoms with van der Waals surface area (Å²) in [6.07, 6.45) is 5.48. The molecule has 9 heteroatoms. The minimum absolute atomic E-state index is 0.0103. The maximum atomic E-state index is 13.5. The summed E-state index contributed by atoms with van der Waals surface area (Å²) in [4.78, 5) is 33.0. The number of nitriles is 1. The van der Waals surface area contributed by atoms with Crippen molar-refractivity contribution in [2.45, 2.75) is 86.5 Å². The Bertz CT molecular complexity index is 1890. The van der Waals surface area contributed by atoms with Crippen LogP contribution in [-0.2, 0) is 31.4 Å². The van der Waals surface area contributed by atoms with E-state index < -0.39 is 0 Å². The highest BCUT2D eigenvalue weighted by atomic mass is 16.5. The van der Waals surface area contributed by atoms with E-state index in [2.05, 4.69) is 60.0 Å². The zero-order valence-corrected chi connectivity index (χ0v) is 32.2. The molecule has 2 atom stereocenters. The summed E-state index contributed by atoms with van der Waals surface area (Å²) in [6, 6.07) is 13.1. The second-order valence-electron chi connectivity index (χ2n) is 15.3. The van der Waals surface area contributed by atoms with Gasteiger partial charge in [-0.3, -0.25) is 19.4 Å². The van der Waals surface area contributed by atoms with Gasteiger partial charge in [-0.25, -0.2) is 0 Å². The van der Waals surface area contributed by atoms with Gasteiger partial charge in [0.25, 0.3) is 11.5 Å². The second kappa shape index (κ2) is 15.5. The highest BCUT2D eigenvalue weighted by Gasteiger charge is 2.33. The average Bonchev–Trinajstić information content (AvgIpc) is 3.11. The highest BCUT2D eigenvalue weighted by molar-refractivity contribution is 5.97. The topological polar surface area (TPSA) is 91.0 Å². The van der Waals surface area contributed by atoms with E-state index in [4.69, 9.17) is 9.47 Å². The number of hydrogen-bond donors (Lipinski definition) is 0. The van der Waals surface area contributed by atoms with E-state index in [1.165, 1.54) is 16.7 Å². The molecule has 0 radical (unpaired) electrons. The summed E-state index contributed by atoms with van der Waals surface area (Å²) < 4.78 is 13.6. The molecular weight excluding hydrogens is 638 g/mol. The number of amides is 1. The molecule has 3 aromatic rings. The number of nitrogens with zero attached hydrogens (tertiary/aromatic N) is 5. The molecule has 3 heterocycles. The molecule has 0 saturated carbocycles. The minimum atomic E-state index is -0.253. The van der Waals surface area contributed by atoms with Gasteiger partial charge in [-0.2, -0.15) is 5.26 Å². The van der Waals surface area contributed by atoms with E-state index in [-0.39, 0.29) is 28.5 Å². The van der Waals surface area contributed by atoms with Crippen molar-refractivity contribution in [3.8, 4) is 28.7 Å². The lowest BCUT2D eigenvalue weighted by molar-refractivity contribution is -0.129. The maximum Gasteiger partial charge on any atom is 0.264 e. The third-order valence-corrected chi connectivity index (χ3v) is 10.8. The van der Waals surface area contributed by atoms with Crippen LogP contribution in [-0.4, -0.2) is 71.6 Å². The van der Waals surface area contributed by atoms with Gasteiger partial charge in [0, 0.05) is 69.7 Å².